The standard InChI is InChI=1S/C14H22O2/c1-9-13(2,3)14(4,5)12-10(15)7-6-8-11(12)16-9/h9H,6-8H2,1-5H3. The number of rotatable bonds is 0. The largest absolute Gasteiger partial charge is 0.494 e. The summed E-state index contributed by atoms with van der Waals surface area (Å²) >= 11 is 0. The van der Waals surface area contributed by atoms with Crippen LogP contribution in [0.1, 0.15) is 53.9 Å². The molecule has 2 aliphatic rings. The molecule has 2 heteroatoms. The van der Waals surface area contributed by atoms with Crippen molar-refractivity contribution in [2.24, 2.45) is 10.8 Å². The number of allylic oxidation sites excluding steroid dienone is 2. The topological polar surface area (TPSA) is 26.3 Å². The highest BCUT2D eigenvalue weighted by Gasteiger charge is 2.52. The number of Topliss-reactive ketones (excluding diaryl/α,β-unsaturated/α-hetero) is 1. The zero-order valence-corrected chi connectivity index (χ0v) is 11.0. The molecule has 0 saturated heterocycles. The van der Waals surface area contributed by atoms with Gasteiger partial charge in [-0.05, 0) is 13.3 Å². The second-order valence-corrected chi connectivity index (χ2v) is 6.18. The molecule has 16 heavy (non-hydrogen) atoms. The van der Waals surface area contributed by atoms with Crippen molar-refractivity contribution < 1.29 is 9.53 Å². The summed E-state index contributed by atoms with van der Waals surface area (Å²) in [4.78, 5) is 12.1. The summed E-state index contributed by atoms with van der Waals surface area (Å²) in [5.74, 6) is 1.26. The van der Waals surface area contributed by atoms with Crippen LogP contribution in [-0.2, 0) is 9.53 Å². The zero-order valence-electron chi connectivity index (χ0n) is 11.0. The van der Waals surface area contributed by atoms with Crippen molar-refractivity contribution >= 4 is 5.78 Å². The molecule has 0 saturated carbocycles. The van der Waals surface area contributed by atoms with Gasteiger partial charge in [0.1, 0.15) is 11.9 Å². The Bertz CT molecular complexity index is 361. The van der Waals surface area contributed by atoms with Gasteiger partial charge in [-0.1, -0.05) is 27.7 Å². The minimum Gasteiger partial charge on any atom is -0.494 e. The molecule has 0 fully saturated rings. The summed E-state index contributed by atoms with van der Waals surface area (Å²) in [6.07, 6.45) is 2.74. The molecule has 1 heterocycles. The minimum absolute atomic E-state index is 0.00116. The highest BCUT2D eigenvalue weighted by Crippen LogP contribution is 2.54. The molecule has 0 N–H and O–H groups in total. The third kappa shape index (κ3) is 1.35. The fourth-order valence-corrected chi connectivity index (χ4v) is 2.82. The van der Waals surface area contributed by atoms with E-state index >= 15 is 0 Å². The molecule has 0 amide bonds. The van der Waals surface area contributed by atoms with Crippen LogP contribution in [-0.4, -0.2) is 11.9 Å². The van der Waals surface area contributed by atoms with Gasteiger partial charge in [-0.15, -0.1) is 0 Å². The van der Waals surface area contributed by atoms with E-state index < -0.39 is 0 Å². The van der Waals surface area contributed by atoms with E-state index in [1.165, 1.54) is 0 Å². The summed E-state index contributed by atoms with van der Waals surface area (Å²) < 4.78 is 5.97. The Balaban J connectivity index is 2.56. The fraction of sp³-hybridized carbons (Fsp3) is 0.786. The molecule has 90 valence electrons. The third-order valence-electron chi connectivity index (χ3n) is 4.94. The van der Waals surface area contributed by atoms with Crippen LogP contribution in [0.5, 0.6) is 0 Å². The van der Waals surface area contributed by atoms with Crippen molar-refractivity contribution in [2.75, 3.05) is 0 Å². The van der Waals surface area contributed by atoms with Crippen molar-refractivity contribution in [3.63, 3.8) is 0 Å². The predicted molar refractivity (Wildman–Crippen MR) is 64.0 cm³/mol. The van der Waals surface area contributed by atoms with E-state index in [9.17, 15) is 4.79 Å². The maximum absolute atomic E-state index is 12.1. The molecule has 2 rings (SSSR count). The Hall–Kier alpha value is -0.790. The summed E-state index contributed by atoms with van der Waals surface area (Å²) in [7, 11) is 0. The number of carbonyl (C=O) groups excluding carboxylic acids is 1. The first-order valence-electron chi connectivity index (χ1n) is 6.22. The van der Waals surface area contributed by atoms with Crippen LogP contribution in [0.25, 0.3) is 0 Å². The lowest BCUT2D eigenvalue weighted by Crippen LogP contribution is -2.49. The molecule has 2 nitrogen and oxygen atoms in total. The normalized spacial score (nSPS) is 32.1. The van der Waals surface area contributed by atoms with Crippen molar-refractivity contribution in [1.82, 2.24) is 0 Å². The van der Waals surface area contributed by atoms with Crippen molar-refractivity contribution in [1.29, 1.82) is 0 Å². The van der Waals surface area contributed by atoms with E-state index in [4.69, 9.17) is 4.74 Å². The lowest BCUT2D eigenvalue weighted by molar-refractivity contribution is -0.124. The van der Waals surface area contributed by atoms with Crippen LogP contribution in [0.4, 0.5) is 0 Å². The van der Waals surface area contributed by atoms with Gasteiger partial charge >= 0.3 is 0 Å². The van der Waals surface area contributed by atoms with Crippen LogP contribution >= 0.6 is 0 Å². The highest BCUT2D eigenvalue weighted by molar-refractivity contribution is 5.98. The lowest BCUT2D eigenvalue weighted by atomic mass is 9.58. The van der Waals surface area contributed by atoms with Gasteiger partial charge in [-0.2, -0.15) is 0 Å². The Morgan fingerprint density at radius 2 is 1.81 bits per heavy atom. The van der Waals surface area contributed by atoms with Gasteiger partial charge in [0.25, 0.3) is 0 Å². The molecule has 1 aliphatic carbocycles. The first-order valence-corrected chi connectivity index (χ1v) is 6.22. The average molecular weight is 222 g/mol. The molecule has 0 radical (unpaired) electrons. The van der Waals surface area contributed by atoms with Crippen molar-refractivity contribution in [3.05, 3.63) is 11.3 Å². The summed E-state index contributed by atoms with van der Waals surface area (Å²) in [5.41, 5.74) is 0.873. The van der Waals surface area contributed by atoms with Gasteiger partial charge in [0.2, 0.25) is 0 Å². The second kappa shape index (κ2) is 3.35. The van der Waals surface area contributed by atoms with Crippen LogP contribution in [0, 0.1) is 10.8 Å². The molecule has 1 unspecified atom stereocenters. The molecule has 0 aromatic rings. The number of ether oxygens (including phenoxy) is 1. The predicted octanol–water partition coefficient (Wildman–Crippen LogP) is 3.46. The minimum atomic E-state index is -0.0858. The number of hydrogen-bond acceptors (Lipinski definition) is 2. The van der Waals surface area contributed by atoms with Gasteiger partial charge in [0, 0.05) is 29.2 Å². The molecule has 0 aromatic heterocycles. The van der Waals surface area contributed by atoms with Gasteiger partial charge in [0.05, 0.1) is 0 Å². The summed E-state index contributed by atoms with van der Waals surface area (Å²) in [6.45, 7) is 10.9. The molecular formula is C14H22O2. The maximum Gasteiger partial charge on any atom is 0.162 e. The molecular weight excluding hydrogens is 200 g/mol. The van der Waals surface area contributed by atoms with Crippen LogP contribution in [0.3, 0.4) is 0 Å². The number of ketones is 1. The van der Waals surface area contributed by atoms with Gasteiger partial charge < -0.3 is 4.74 Å². The molecule has 1 aliphatic heterocycles. The van der Waals surface area contributed by atoms with Crippen molar-refractivity contribution in [2.45, 2.75) is 60.0 Å². The average Bonchev–Trinajstić information content (AvgIpc) is 2.15. The molecule has 0 aromatic carbocycles. The van der Waals surface area contributed by atoms with Crippen LogP contribution in [0.15, 0.2) is 11.3 Å². The Labute approximate surface area is 98.1 Å². The van der Waals surface area contributed by atoms with E-state index in [1.54, 1.807) is 0 Å². The molecule has 1 atom stereocenters. The third-order valence-corrected chi connectivity index (χ3v) is 4.94. The van der Waals surface area contributed by atoms with Crippen LogP contribution in [0.2, 0.25) is 0 Å². The van der Waals surface area contributed by atoms with E-state index in [-0.39, 0.29) is 16.9 Å². The fourth-order valence-electron chi connectivity index (χ4n) is 2.82. The van der Waals surface area contributed by atoms with E-state index in [0.717, 1.165) is 24.2 Å². The van der Waals surface area contributed by atoms with Gasteiger partial charge in [0.15, 0.2) is 5.78 Å². The molecule has 0 spiro atoms. The smallest absolute Gasteiger partial charge is 0.162 e. The van der Waals surface area contributed by atoms with Gasteiger partial charge in [-0.25, -0.2) is 0 Å². The zero-order chi connectivity index (χ0) is 12.1. The van der Waals surface area contributed by atoms with E-state index in [1.807, 2.05) is 0 Å². The quantitative estimate of drug-likeness (QED) is 0.627. The first kappa shape index (κ1) is 11.7. The maximum atomic E-state index is 12.1. The number of carbonyl (C=O) groups is 1. The van der Waals surface area contributed by atoms with E-state index in [2.05, 4.69) is 34.6 Å². The Morgan fingerprint density at radius 1 is 1.19 bits per heavy atom. The first-order chi connectivity index (χ1) is 7.28. The van der Waals surface area contributed by atoms with Crippen LogP contribution < -0.4 is 0 Å². The van der Waals surface area contributed by atoms with Gasteiger partial charge in [-0.3, -0.25) is 4.79 Å². The number of hydrogen-bond donors (Lipinski definition) is 0. The Kier molecular flexibility index (Phi) is 2.45. The molecule has 0 bridgehead atoms. The SMILES string of the molecule is CC1OC2=C(C(=O)CCC2)C(C)(C)C1(C)C. The van der Waals surface area contributed by atoms with E-state index in [0.29, 0.717) is 12.2 Å². The summed E-state index contributed by atoms with van der Waals surface area (Å²) in [5, 5.41) is 0. The van der Waals surface area contributed by atoms with Crippen molar-refractivity contribution in [3.8, 4) is 0 Å². The second-order valence-electron chi connectivity index (χ2n) is 6.18. The Morgan fingerprint density at radius 3 is 2.44 bits per heavy atom. The monoisotopic (exact) mass is 222 g/mol. The lowest BCUT2D eigenvalue weighted by Gasteiger charge is -2.52. The summed E-state index contributed by atoms with van der Waals surface area (Å²) in [6, 6.07) is 0. The highest BCUT2D eigenvalue weighted by atomic mass is 16.5.